The minimum Gasteiger partial charge on any atom is -0.493 e. The zero-order chi connectivity index (χ0) is 19.2. The molecule has 0 radical (unpaired) electrons. The molecule has 146 valence electrons. The van der Waals surface area contributed by atoms with Crippen molar-refractivity contribution in [3.8, 4) is 11.5 Å². The number of carbonyl (C=O) groups is 1. The number of ether oxygens (including phenoxy) is 3. The van der Waals surface area contributed by atoms with E-state index in [1.165, 1.54) is 27.2 Å². The Labute approximate surface area is 154 Å². The van der Waals surface area contributed by atoms with E-state index in [0.29, 0.717) is 36.6 Å². The Bertz CT molecular complexity index is 729. The lowest BCUT2D eigenvalue weighted by Crippen LogP contribution is -2.32. The first-order valence-electron chi connectivity index (χ1n) is 8.48. The number of rotatable bonds is 9. The van der Waals surface area contributed by atoms with Crippen molar-refractivity contribution in [1.82, 2.24) is 10.0 Å². The van der Waals surface area contributed by atoms with Crippen LogP contribution in [0.2, 0.25) is 0 Å². The summed E-state index contributed by atoms with van der Waals surface area (Å²) in [4.78, 5) is 11.2. The number of sulfonamides is 1. The van der Waals surface area contributed by atoms with Crippen LogP contribution in [-0.4, -0.2) is 54.3 Å². The summed E-state index contributed by atoms with van der Waals surface area (Å²) in [6, 6.07) is 3.07. The van der Waals surface area contributed by atoms with Gasteiger partial charge in [0.25, 0.3) is 0 Å². The molecule has 2 rings (SSSR count). The number of carbonyl (C=O) groups excluding carboxylic acids is 1. The molecule has 1 unspecified atom stereocenters. The fourth-order valence-electron chi connectivity index (χ4n) is 2.81. The van der Waals surface area contributed by atoms with Gasteiger partial charge >= 0.3 is 0 Å². The van der Waals surface area contributed by atoms with Gasteiger partial charge in [0.1, 0.15) is 0 Å². The first-order valence-corrected chi connectivity index (χ1v) is 9.96. The molecule has 1 amide bonds. The maximum absolute atomic E-state index is 12.8. The smallest absolute Gasteiger partial charge is 0.241 e. The zero-order valence-electron chi connectivity index (χ0n) is 15.3. The van der Waals surface area contributed by atoms with Crippen molar-refractivity contribution < 1.29 is 27.4 Å². The van der Waals surface area contributed by atoms with Crippen LogP contribution in [0.4, 0.5) is 0 Å². The van der Waals surface area contributed by atoms with Gasteiger partial charge in [-0.2, -0.15) is 0 Å². The summed E-state index contributed by atoms with van der Waals surface area (Å²) < 4.78 is 44.2. The highest BCUT2D eigenvalue weighted by Crippen LogP contribution is 2.33. The van der Waals surface area contributed by atoms with E-state index in [1.807, 2.05) is 0 Å². The Hall–Kier alpha value is -1.84. The van der Waals surface area contributed by atoms with Crippen LogP contribution in [0.25, 0.3) is 0 Å². The third-order valence-corrected chi connectivity index (χ3v) is 5.66. The normalized spacial score (nSPS) is 17.1. The predicted molar refractivity (Wildman–Crippen MR) is 96.1 cm³/mol. The molecule has 0 aromatic heterocycles. The summed E-state index contributed by atoms with van der Waals surface area (Å²) in [5.74, 6) is 0.586. The largest absolute Gasteiger partial charge is 0.493 e. The molecule has 0 bridgehead atoms. The van der Waals surface area contributed by atoms with Gasteiger partial charge in [0.05, 0.1) is 25.2 Å². The second kappa shape index (κ2) is 9.20. The molecule has 1 aromatic rings. The maximum atomic E-state index is 12.8. The summed E-state index contributed by atoms with van der Waals surface area (Å²) in [5, 5.41) is 2.67. The topological polar surface area (TPSA) is 103 Å². The van der Waals surface area contributed by atoms with Gasteiger partial charge in [0, 0.05) is 32.7 Å². The second-order valence-corrected chi connectivity index (χ2v) is 7.77. The van der Waals surface area contributed by atoms with Crippen LogP contribution >= 0.6 is 0 Å². The molecule has 1 atom stereocenters. The van der Waals surface area contributed by atoms with Crippen LogP contribution in [-0.2, 0) is 26.0 Å². The molecule has 1 fully saturated rings. The Morgan fingerprint density at radius 1 is 1.27 bits per heavy atom. The van der Waals surface area contributed by atoms with Gasteiger partial charge in [0.15, 0.2) is 11.5 Å². The first-order chi connectivity index (χ1) is 12.4. The molecule has 1 heterocycles. The van der Waals surface area contributed by atoms with E-state index in [4.69, 9.17) is 14.2 Å². The summed E-state index contributed by atoms with van der Waals surface area (Å²) in [7, 11) is -0.830. The lowest BCUT2D eigenvalue weighted by atomic mass is 10.1. The van der Waals surface area contributed by atoms with Crippen LogP contribution in [0.15, 0.2) is 17.0 Å². The molecular weight excluding hydrogens is 360 g/mol. The van der Waals surface area contributed by atoms with Crippen molar-refractivity contribution >= 4 is 15.9 Å². The van der Waals surface area contributed by atoms with E-state index in [1.54, 1.807) is 6.07 Å². The number of nitrogens with one attached hydrogen (secondary N) is 2. The summed E-state index contributed by atoms with van der Waals surface area (Å²) >= 11 is 0. The standard InChI is InChI=1S/C17H26N2O6S/c1-12(20)18-7-6-13-9-15(23-2)16(24-3)10-17(13)26(21,22)19-11-14-5-4-8-25-14/h9-10,14,19H,4-8,11H2,1-3H3,(H,18,20). The van der Waals surface area contributed by atoms with Gasteiger partial charge in [0.2, 0.25) is 15.9 Å². The molecule has 1 aliphatic rings. The van der Waals surface area contributed by atoms with Gasteiger partial charge in [-0.3, -0.25) is 4.79 Å². The predicted octanol–water partition coefficient (Wildman–Crippen LogP) is 0.840. The van der Waals surface area contributed by atoms with E-state index in [-0.39, 0.29) is 23.5 Å². The van der Waals surface area contributed by atoms with Crippen molar-refractivity contribution in [2.24, 2.45) is 0 Å². The molecule has 26 heavy (non-hydrogen) atoms. The van der Waals surface area contributed by atoms with Gasteiger partial charge in [-0.1, -0.05) is 0 Å². The van der Waals surface area contributed by atoms with Crippen LogP contribution in [0.3, 0.4) is 0 Å². The fourth-order valence-corrected chi connectivity index (χ4v) is 4.14. The summed E-state index contributed by atoms with van der Waals surface area (Å²) in [5.41, 5.74) is 0.538. The number of hydrogen-bond acceptors (Lipinski definition) is 6. The Kier molecular flexibility index (Phi) is 7.24. The molecular formula is C17H26N2O6S. The average Bonchev–Trinajstić information content (AvgIpc) is 3.12. The molecule has 0 saturated carbocycles. The molecule has 8 nitrogen and oxygen atoms in total. The quantitative estimate of drug-likeness (QED) is 0.652. The highest BCUT2D eigenvalue weighted by molar-refractivity contribution is 7.89. The number of amides is 1. The highest BCUT2D eigenvalue weighted by Gasteiger charge is 2.24. The molecule has 1 aromatic carbocycles. The average molecular weight is 386 g/mol. The Morgan fingerprint density at radius 3 is 2.54 bits per heavy atom. The minimum atomic E-state index is -3.76. The summed E-state index contributed by atoms with van der Waals surface area (Å²) in [6.07, 6.45) is 2.01. The highest BCUT2D eigenvalue weighted by atomic mass is 32.2. The van der Waals surface area contributed by atoms with Gasteiger partial charge in [-0.05, 0) is 30.9 Å². The van der Waals surface area contributed by atoms with Gasteiger partial charge in [-0.25, -0.2) is 13.1 Å². The van der Waals surface area contributed by atoms with Crippen LogP contribution < -0.4 is 19.5 Å². The van der Waals surface area contributed by atoms with Crippen molar-refractivity contribution in [3.05, 3.63) is 17.7 Å². The van der Waals surface area contributed by atoms with Crippen molar-refractivity contribution in [3.63, 3.8) is 0 Å². The SMILES string of the molecule is COc1cc(CCNC(C)=O)c(S(=O)(=O)NCC2CCCO2)cc1OC. The Morgan fingerprint density at radius 2 is 1.96 bits per heavy atom. The number of methoxy groups -OCH3 is 2. The van der Waals surface area contributed by atoms with E-state index in [9.17, 15) is 13.2 Å². The first kappa shape index (κ1) is 20.5. The summed E-state index contributed by atoms with van der Waals surface area (Å²) in [6.45, 7) is 2.61. The molecule has 0 spiro atoms. The lowest BCUT2D eigenvalue weighted by Gasteiger charge is -2.17. The third-order valence-electron chi connectivity index (χ3n) is 4.15. The van der Waals surface area contributed by atoms with Crippen molar-refractivity contribution in [2.75, 3.05) is 33.9 Å². The van der Waals surface area contributed by atoms with Crippen LogP contribution in [0.5, 0.6) is 11.5 Å². The molecule has 1 aliphatic heterocycles. The zero-order valence-corrected chi connectivity index (χ0v) is 16.1. The molecule has 1 saturated heterocycles. The van der Waals surface area contributed by atoms with Gasteiger partial charge < -0.3 is 19.5 Å². The number of benzene rings is 1. The lowest BCUT2D eigenvalue weighted by molar-refractivity contribution is -0.118. The fraction of sp³-hybridized carbons (Fsp3) is 0.588. The molecule has 2 N–H and O–H groups in total. The van der Waals surface area contributed by atoms with E-state index < -0.39 is 10.0 Å². The van der Waals surface area contributed by atoms with E-state index in [0.717, 1.165) is 12.8 Å². The van der Waals surface area contributed by atoms with E-state index >= 15 is 0 Å². The monoisotopic (exact) mass is 386 g/mol. The third kappa shape index (κ3) is 5.33. The molecule has 9 heteroatoms. The molecule has 0 aliphatic carbocycles. The van der Waals surface area contributed by atoms with Crippen molar-refractivity contribution in [1.29, 1.82) is 0 Å². The Balaban J connectivity index is 2.27. The van der Waals surface area contributed by atoms with Crippen LogP contribution in [0, 0.1) is 0 Å². The van der Waals surface area contributed by atoms with Crippen molar-refractivity contribution in [2.45, 2.75) is 37.2 Å². The van der Waals surface area contributed by atoms with Crippen LogP contribution in [0.1, 0.15) is 25.3 Å². The van der Waals surface area contributed by atoms with Gasteiger partial charge in [-0.15, -0.1) is 0 Å². The minimum absolute atomic E-state index is 0.104. The maximum Gasteiger partial charge on any atom is 0.241 e. The second-order valence-electron chi connectivity index (χ2n) is 6.03. The number of hydrogen-bond donors (Lipinski definition) is 2. The van der Waals surface area contributed by atoms with E-state index in [2.05, 4.69) is 10.0 Å².